The fraction of sp³-hybridized carbons (Fsp3) is 0.241. The molecule has 0 radical (unpaired) electrons. The van der Waals surface area contributed by atoms with Crippen LogP contribution in [0.5, 0.6) is 17.4 Å². The second kappa shape index (κ2) is 12.2. The Bertz CT molecular complexity index is 1690. The summed E-state index contributed by atoms with van der Waals surface area (Å²) in [4.78, 5) is 7.19. The van der Waals surface area contributed by atoms with Crippen LogP contribution >= 0.6 is 0 Å². The maximum atomic E-state index is 14.0. The van der Waals surface area contributed by atoms with E-state index in [1.807, 2.05) is 0 Å². The van der Waals surface area contributed by atoms with E-state index in [0.717, 1.165) is 12.1 Å². The molecule has 5 N–H and O–H groups in total. The summed E-state index contributed by atoms with van der Waals surface area (Å²) in [6, 6.07) is 9.35. The number of aromatic nitrogens is 2. The molecule has 0 bridgehead atoms. The van der Waals surface area contributed by atoms with Crippen LogP contribution in [0.2, 0.25) is 0 Å². The number of aromatic amines is 1. The third-order valence-electron chi connectivity index (χ3n) is 6.77. The molecule has 5 rings (SSSR count). The lowest BCUT2D eigenvalue weighted by Gasteiger charge is -2.28. The monoisotopic (exact) mass is 600 g/mol. The molecule has 1 aliphatic rings. The van der Waals surface area contributed by atoms with Crippen LogP contribution in [-0.4, -0.2) is 53.8 Å². The first-order valence-corrected chi connectivity index (χ1v) is 13.1. The fourth-order valence-electron chi connectivity index (χ4n) is 4.46. The summed E-state index contributed by atoms with van der Waals surface area (Å²) in [6.45, 7) is 1.06. The number of H-pyrrole nitrogens is 1. The number of rotatable bonds is 10. The Morgan fingerprint density at radius 2 is 1.91 bits per heavy atom. The van der Waals surface area contributed by atoms with Crippen LogP contribution < -0.4 is 25.2 Å². The van der Waals surface area contributed by atoms with E-state index in [4.69, 9.17) is 19.6 Å². The van der Waals surface area contributed by atoms with Crippen molar-refractivity contribution in [3.8, 4) is 17.4 Å². The zero-order valence-corrected chi connectivity index (χ0v) is 23.3. The Balaban J connectivity index is 1.41. The van der Waals surface area contributed by atoms with Crippen LogP contribution in [0.15, 0.2) is 54.2 Å². The largest absolute Gasteiger partial charge is 0.505 e. The number of alkyl halides is 2. The van der Waals surface area contributed by atoms with Crippen molar-refractivity contribution >= 4 is 33.9 Å². The number of hydrazine groups is 1. The highest BCUT2D eigenvalue weighted by atomic mass is 19.3. The number of aliphatic hydroxyl groups excluding tert-OH is 1. The lowest BCUT2D eigenvalue weighted by Crippen LogP contribution is -2.41. The second-order valence-corrected chi connectivity index (χ2v) is 9.72. The van der Waals surface area contributed by atoms with E-state index in [2.05, 4.69) is 20.7 Å². The Hall–Kier alpha value is -4.82. The van der Waals surface area contributed by atoms with E-state index < -0.39 is 24.0 Å². The van der Waals surface area contributed by atoms with Crippen LogP contribution in [-0.2, 0) is 4.74 Å². The van der Waals surface area contributed by atoms with Gasteiger partial charge in [0, 0.05) is 29.6 Å². The molecule has 1 aliphatic heterocycles. The average Bonchev–Trinajstić information content (AvgIpc) is 3.35. The highest BCUT2D eigenvalue weighted by Gasteiger charge is 2.23. The van der Waals surface area contributed by atoms with Crippen molar-refractivity contribution < 1.29 is 36.9 Å². The maximum Gasteiger partial charge on any atom is 0.387 e. The topological polar surface area (TPSA) is 128 Å². The van der Waals surface area contributed by atoms with E-state index in [9.17, 15) is 22.7 Å². The van der Waals surface area contributed by atoms with Crippen molar-refractivity contribution in [2.75, 3.05) is 30.6 Å². The van der Waals surface area contributed by atoms with Gasteiger partial charge in [0.2, 0.25) is 11.6 Å². The number of pyridine rings is 1. The molecule has 14 heteroatoms. The number of benzene rings is 2. The SMILES string of the molecule is CNN(C(=N)C(C)=C(O)c1cc2cc(OC(F)F)c(NC3COC3)cc2[nH]1)c1cnc(Oc2c(F)cccc2F)cc1C. The van der Waals surface area contributed by atoms with Crippen molar-refractivity contribution in [1.29, 1.82) is 5.41 Å². The maximum absolute atomic E-state index is 14.0. The summed E-state index contributed by atoms with van der Waals surface area (Å²) in [5, 5.41) is 24.9. The molecule has 0 atom stereocenters. The first kappa shape index (κ1) is 29.7. The van der Waals surface area contributed by atoms with E-state index in [1.165, 1.54) is 36.3 Å². The Morgan fingerprint density at radius 3 is 2.51 bits per heavy atom. The molecule has 0 saturated carbocycles. The van der Waals surface area contributed by atoms with Gasteiger partial charge in [-0.3, -0.25) is 10.4 Å². The van der Waals surface area contributed by atoms with Gasteiger partial charge in [0.05, 0.1) is 42.5 Å². The van der Waals surface area contributed by atoms with Gasteiger partial charge in [-0.25, -0.2) is 19.2 Å². The van der Waals surface area contributed by atoms with Gasteiger partial charge in [0.25, 0.3) is 0 Å². The number of para-hydroxylation sites is 1. The van der Waals surface area contributed by atoms with Crippen molar-refractivity contribution in [3.05, 3.63) is 77.1 Å². The van der Waals surface area contributed by atoms with Crippen LogP contribution in [0.1, 0.15) is 18.2 Å². The first-order valence-electron chi connectivity index (χ1n) is 13.1. The van der Waals surface area contributed by atoms with E-state index in [1.54, 1.807) is 26.1 Å². The number of anilines is 2. The molecule has 0 amide bonds. The number of nitrogens with one attached hydrogen (secondary N) is 4. The molecule has 2 aromatic carbocycles. The molecule has 10 nitrogen and oxygen atoms in total. The predicted molar refractivity (Wildman–Crippen MR) is 153 cm³/mol. The summed E-state index contributed by atoms with van der Waals surface area (Å²) in [5.41, 5.74) is 5.10. The summed E-state index contributed by atoms with van der Waals surface area (Å²) >= 11 is 0. The van der Waals surface area contributed by atoms with Gasteiger partial charge in [-0.05, 0) is 49.7 Å². The minimum atomic E-state index is -3.03. The Morgan fingerprint density at radius 1 is 1.19 bits per heavy atom. The van der Waals surface area contributed by atoms with Crippen molar-refractivity contribution in [1.82, 2.24) is 15.4 Å². The summed E-state index contributed by atoms with van der Waals surface area (Å²) in [7, 11) is 1.56. The van der Waals surface area contributed by atoms with Gasteiger partial charge < -0.3 is 29.6 Å². The fourth-order valence-corrected chi connectivity index (χ4v) is 4.46. The van der Waals surface area contributed by atoms with Gasteiger partial charge in [-0.1, -0.05) is 6.07 Å². The van der Waals surface area contributed by atoms with Gasteiger partial charge >= 0.3 is 6.61 Å². The van der Waals surface area contributed by atoms with E-state index in [0.29, 0.717) is 41.1 Å². The Kier molecular flexibility index (Phi) is 8.41. The van der Waals surface area contributed by atoms with Crippen molar-refractivity contribution in [2.24, 2.45) is 0 Å². The predicted octanol–water partition coefficient (Wildman–Crippen LogP) is 6.26. The highest BCUT2D eigenvalue weighted by Crippen LogP contribution is 2.35. The van der Waals surface area contributed by atoms with Gasteiger partial charge in [0.1, 0.15) is 17.3 Å². The Labute approximate surface area is 243 Å². The molecule has 0 aliphatic carbocycles. The minimum absolute atomic E-state index is 0.0466. The number of fused-ring (bicyclic) bond motifs is 1. The number of aryl methyl sites for hydroxylation is 1. The summed E-state index contributed by atoms with van der Waals surface area (Å²) < 4.78 is 69.4. The average molecular weight is 601 g/mol. The third-order valence-corrected chi connectivity index (χ3v) is 6.77. The molecular weight excluding hydrogens is 572 g/mol. The normalized spacial score (nSPS) is 14.0. The molecule has 1 saturated heterocycles. The van der Waals surface area contributed by atoms with Crippen LogP contribution in [0.4, 0.5) is 28.9 Å². The number of hydrogen-bond donors (Lipinski definition) is 5. The van der Waals surface area contributed by atoms with Gasteiger partial charge in [-0.2, -0.15) is 8.78 Å². The molecular formula is C29H28F4N6O4. The molecule has 0 unspecified atom stereocenters. The second-order valence-electron chi connectivity index (χ2n) is 9.72. The lowest BCUT2D eigenvalue weighted by molar-refractivity contribution is -0.0494. The summed E-state index contributed by atoms with van der Waals surface area (Å²) in [6.07, 6.45) is 1.36. The lowest BCUT2D eigenvalue weighted by atomic mass is 10.1. The van der Waals surface area contributed by atoms with Gasteiger partial charge in [-0.15, -0.1) is 0 Å². The molecule has 226 valence electrons. The molecule has 43 heavy (non-hydrogen) atoms. The number of amidine groups is 1. The molecule has 0 spiro atoms. The number of ether oxygens (including phenoxy) is 3. The number of halogens is 4. The van der Waals surface area contributed by atoms with Crippen molar-refractivity contribution in [2.45, 2.75) is 26.5 Å². The first-order chi connectivity index (χ1) is 20.5. The van der Waals surface area contributed by atoms with Crippen LogP contribution in [0, 0.1) is 24.0 Å². The number of hydrogen-bond acceptors (Lipinski definition) is 8. The van der Waals surface area contributed by atoms with Gasteiger partial charge in [0.15, 0.2) is 11.6 Å². The van der Waals surface area contributed by atoms with E-state index in [-0.39, 0.29) is 40.5 Å². The minimum Gasteiger partial charge on any atom is -0.505 e. The molecule has 4 aromatic rings. The smallest absolute Gasteiger partial charge is 0.387 e. The van der Waals surface area contributed by atoms with E-state index >= 15 is 0 Å². The highest BCUT2D eigenvalue weighted by molar-refractivity contribution is 6.10. The quantitative estimate of drug-likeness (QED) is 0.0475. The molecule has 2 aromatic heterocycles. The van der Waals surface area contributed by atoms with Crippen LogP contribution in [0.3, 0.4) is 0 Å². The molecule has 3 heterocycles. The third kappa shape index (κ3) is 6.20. The standard InChI is InChI=1S/C29H28F4N6O4/c1-14-7-25(43-27-18(30)5-4-6-19(27)31)36-11-23(14)39(35-3)28(34)15(2)26(40)22-8-16-9-24(42-29(32)33)21(10-20(16)38-22)37-17-12-41-13-17/h4-11,17,29,34-35,37-38,40H,12-13H2,1-3H3. The van der Waals surface area contributed by atoms with Crippen molar-refractivity contribution in [3.63, 3.8) is 0 Å². The van der Waals surface area contributed by atoms with Crippen LogP contribution in [0.25, 0.3) is 16.7 Å². The zero-order valence-electron chi connectivity index (χ0n) is 23.3. The number of nitrogens with zero attached hydrogens (tertiary/aromatic N) is 2. The zero-order chi connectivity index (χ0) is 30.8. The molecule has 1 fully saturated rings. The number of aliphatic hydroxyl groups is 1. The summed E-state index contributed by atoms with van der Waals surface area (Å²) in [5.74, 6) is -2.87.